The van der Waals surface area contributed by atoms with Crippen molar-refractivity contribution in [3.8, 4) is 0 Å². The number of carboxylic acids is 1. The Labute approximate surface area is 133 Å². The first kappa shape index (κ1) is 18.2. The third-order valence-corrected chi connectivity index (χ3v) is 2.53. The Hall–Kier alpha value is -2.83. The average molecular weight is 321 g/mol. The summed E-state index contributed by atoms with van der Waals surface area (Å²) in [5.74, 6) is -3.27. The molecule has 1 rings (SSSR count). The molecule has 0 saturated heterocycles. The first-order chi connectivity index (χ1) is 10.6. The number of hydrogen-bond donors (Lipinski definition) is 3. The van der Waals surface area contributed by atoms with Gasteiger partial charge >= 0.3 is 12.1 Å². The van der Waals surface area contributed by atoms with Gasteiger partial charge < -0.3 is 20.3 Å². The van der Waals surface area contributed by atoms with Gasteiger partial charge in [-0.05, 0) is 32.4 Å². The topological polar surface area (TPSA) is 113 Å². The molecule has 0 bridgehead atoms. The van der Waals surface area contributed by atoms with Gasteiger partial charge in [-0.3, -0.25) is 4.79 Å². The van der Waals surface area contributed by atoms with Gasteiger partial charge in [-0.25, -0.2) is 9.59 Å². The number of rotatable bonds is 5. The van der Waals surface area contributed by atoms with Crippen LogP contribution in [0.5, 0.6) is 0 Å². The monoisotopic (exact) mass is 321 g/mol. The summed E-state index contributed by atoms with van der Waals surface area (Å²) in [5.41, 5.74) is 0.215. The number of hydrogen-bond acceptors (Lipinski definition) is 5. The van der Waals surface area contributed by atoms with E-state index in [0.29, 0.717) is 11.6 Å². The van der Waals surface area contributed by atoms with Gasteiger partial charge in [0.2, 0.25) is 5.76 Å². The van der Waals surface area contributed by atoms with E-state index in [1.165, 1.54) is 12.1 Å². The zero-order chi connectivity index (χ0) is 17.6. The Balaban J connectivity index is 2.74. The highest BCUT2D eigenvalue weighted by molar-refractivity contribution is 6.07. The van der Waals surface area contributed by atoms with Gasteiger partial charge in [0.15, 0.2) is 5.78 Å². The van der Waals surface area contributed by atoms with Crippen molar-refractivity contribution in [3.63, 3.8) is 0 Å². The first-order valence-electron chi connectivity index (χ1n) is 6.82. The molecule has 0 fully saturated rings. The smallest absolute Gasteiger partial charge is 0.407 e. The van der Waals surface area contributed by atoms with Gasteiger partial charge in [-0.2, -0.15) is 0 Å². The van der Waals surface area contributed by atoms with E-state index in [1.54, 1.807) is 32.9 Å². The molecule has 0 spiro atoms. The minimum absolute atomic E-state index is 0.144. The number of amides is 1. The van der Waals surface area contributed by atoms with Gasteiger partial charge in [-0.1, -0.05) is 18.2 Å². The van der Waals surface area contributed by atoms with Crippen molar-refractivity contribution in [2.45, 2.75) is 32.9 Å². The van der Waals surface area contributed by atoms with Crippen molar-refractivity contribution in [1.29, 1.82) is 0 Å². The second-order valence-corrected chi connectivity index (χ2v) is 5.75. The molecule has 7 heteroatoms. The maximum Gasteiger partial charge on any atom is 0.407 e. The van der Waals surface area contributed by atoms with E-state index < -0.39 is 29.2 Å². The standard InChI is InChI=1S/C16H19NO6/c1-16(2,3)23-15(22)17-9-10-5-4-6-11(7-10)12(18)8-13(19)14(20)21/h4-8,19H,9H2,1-3H3,(H,17,22)(H,20,21)/b13-8-. The number of aliphatic hydroxyl groups excluding tert-OH is 1. The minimum Gasteiger partial charge on any atom is -0.502 e. The Kier molecular flexibility index (Phi) is 5.89. The zero-order valence-corrected chi connectivity index (χ0v) is 13.1. The Morgan fingerprint density at radius 3 is 2.43 bits per heavy atom. The molecule has 23 heavy (non-hydrogen) atoms. The summed E-state index contributed by atoms with van der Waals surface area (Å²) in [6, 6.07) is 6.25. The van der Waals surface area contributed by atoms with Crippen LogP contribution in [0.2, 0.25) is 0 Å². The van der Waals surface area contributed by atoms with Crippen LogP contribution in [0.15, 0.2) is 36.1 Å². The number of benzene rings is 1. The number of carbonyl (C=O) groups is 3. The lowest BCUT2D eigenvalue weighted by atomic mass is 10.1. The third-order valence-electron chi connectivity index (χ3n) is 2.53. The van der Waals surface area contributed by atoms with Gasteiger partial charge in [-0.15, -0.1) is 0 Å². The number of carbonyl (C=O) groups excluding carboxylic acids is 2. The van der Waals surface area contributed by atoms with E-state index in [4.69, 9.17) is 14.9 Å². The van der Waals surface area contributed by atoms with E-state index in [1.807, 2.05) is 0 Å². The van der Waals surface area contributed by atoms with Crippen LogP contribution in [-0.2, 0) is 16.1 Å². The SMILES string of the molecule is CC(C)(C)OC(=O)NCc1cccc(C(=O)/C=C(\O)C(=O)O)c1. The maximum atomic E-state index is 11.8. The molecule has 1 aromatic rings. The van der Waals surface area contributed by atoms with Crippen LogP contribution in [0.1, 0.15) is 36.7 Å². The summed E-state index contributed by atoms with van der Waals surface area (Å²) < 4.78 is 5.09. The van der Waals surface area contributed by atoms with Gasteiger partial charge in [0, 0.05) is 18.2 Å². The number of aliphatic hydroxyl groups is 1. The van der Waals surface area contributed by atoms with Crippen molar-refractivity contribution in [2.75, 3.05) is 0 Å². The molecule has 0 atom stereocenters. The summed E-state index contributed by atoms with van der Waals surface area (Å²) in [6.07, 6.45) is 0.0422. The van der Waals surface area contributed by atoms with Crippen molar-refractivity contribution >= 4 is 17.8 Å². The molecule has 0 aliphatic rings. The molecule has 0 aliphatic heterocycles. The van der Waals surface area contributed by atoms with E-state index in [2.05, 4.69) is 5.32 Å². The van der Waals surface area contributed by atoms with Crippen LogP contribution in [0.4, 0.5) is 4.79 Å². The number of allylic oxidation sites excluding steroid dienone is 1. The van der Waals surface area contributed by atoms with Crippen molar-refractivity contribution in [2.24, 2.45) is 0 Å². The fourth-order valence-electron chi connectivity index (χ4n) is 1.59. The number of carboxylic acid groups (broad SMARTS) is 1. The predicted molar refractivity (Wildman–Crippen MR) is 82.2 cm³/mol. The highest BCUT2D eigenvalue weighted by Crippen LogP contribution is 2.09. The predicted octanol–water partition coefficient (Wildman–Crippen LogP) is 2.42. The minimum atomic E-state index is -1.58. The molecule has 0 aromatic heterocycles. The van der Waals surface area contributed by atoms with Crippen LogP contribution in [0.25, 0.3) is 0 Å². The quantitative estimate of drug-likeness (QED) is 0.436. The Bertz CT molecular complexity index is 642. The third kappa shape index (κ3) is 6.64. The summed E-state index contributed by atoms with van der Waals surface area (Å²) in [4.78, 5) is 33.9. The Morgan fingerprint density at radius 2 is 1.87 bits per heavy atom. The fourth-order valence-corrected chi connectivity index (χ4v) is 1.59. The maximum absolute atomic E-state index is 11.8. The largest absolute Gasteiger partial charge is 0.502 e. The lowest BCUT2D eigenvalue weighted by Crippen LogP contribution is -2.32. The molecule has 0 radical (unpaired) electrons. The van der Waals surface area contributed by atoms with E-state index in [-0.39, 0.29) is 12.1 Å². The van der Waals surface area contributed by atoms with E-state index in [9.17, 15) is 14.4 Å². The van der Waals surface area contributed by atoms with Crippen LogP contribution in [-0.4, -0.2) is 33.7 Å². The van der Waals surface area contributed by atoms with Crippen molar-refractivity contribution < 1.29 is 29.3 Å². The molecule has 1 aromatic carbocycles. The van der Waals surface area contributed by atoms with Crippen molar-refractivity contribution in [1.82, 2.24) is 5.32 Å². The van der Waals surface area contributed by atoms with Gasteiger partial charge in [0.25, 0.3) is 0 Å². The molecule has 0 saturated carbocycles. The summed E-state index contributed by atoms with van der Waals surface area (Å²) in [6.45, 7) is 5.37. The summed E-state index contributed by atoms with van der Waals surface area (Å²) >= 11 is 0. The number of alkyl carbamates (subject to hydrolysis) is 1. The normalized spacial score (nSPS) is 11.7. The zero-order valence-electron chi connectivity index (χ0n) is 13.1. The van der Waals surface area contributed by atoms with E-state index in [0.717, 1.165) is 0 Å². The molecule has 3 N–H and O–H groups in total. The second-order valence-electron chi connectivity index (χ2n) is 5.75. The van der Waals surface area contributed by atoms with Crippen molar-refractivity contribution in [3.05, 3.63) is 47.2 Å². The molecular weight excluding hydrogens is 302 g/mol. The highest BCUT2D eigenvalue weighted by atomic mass is 16.6. The lowest BCUT2D eigenvalue weighted by Gasteiger charge is -2.19. The molecule has 0 aliphatic carbocycles. The Morgan fingerprint density at radius 1 is 1.22 bits per heavy atom. The van der Waals surface area contributed by atoms with Crippen LogP contribution in [0, 0.1) is 0 Å². The highest BCUT2D eigenvalue weighted by Gasteiger charge is 2.16. The molecule has 0 unspecified atom stereocenters. The summed E-state index contributed by atoms with van der Waals surface area (Å²) in [5, 5.41) is 20.2. The number of aliphatic carboxylic acids is 1. The molecule has 0 heterocycles. The molecule has 7 nitrogen and oxygen atoms in total. The van der Waals surface area contributed by atoms with Gasteiger partial charge in [0.1, 0.15) is 5.60 Å². The average Bonchev–Trinajstić information content (AvgIpc) is 2.43. The van der Waals surface area contributed by atoms with Crippen LogP contribution in [0.3, 0.4) is 0 Å². The number of nitrogens with one attached hydrogen (secondary N) is 1. The number of ketones is 1. The molecular formula is C16H19NO6. The summed E-state index contributed by atoms with van der Waals surface area (Å²) in [7, 11) is 0. The number of ether oxygens (including phenoxy) is 1. The molecule has 124 valence electrons. The van der Waals surface area contributed by atoms with Gasteiger partial charge in [0.05, 0.1) is 0 Å². The van der Waals surface area contributed by atoms with E-state index >= 15 is 0 Å². The second kappa shape index (κ2) is 7.44. The van der Waals surface area contributed by atoms with Crippen LogP contribution >= 0.6 is 0 Å². The fraction of sp³-hybridized carbons (Fsp3) is 0.312. The lowest BCUT2D eigenvalue weighted by molar-refractivity contribution is -0.135. The van der Waals surface area contributed by atoms with Crippen LogP contribution < -0.4 is 5.32 Å². The first-order valence-corrected chi connectivity index (χ1v) is 6.82. The molecule has 1 amide bonds.